The van der Waals surface area contributed by atoms with Crippen LogP contribution in [0.3, 0.4) is 0 Å². The molecule has 1 saturated heterocycles. The highest BCUT2D eigenvalue weighted by Crippen LogP contribution is 2.22. The summed E-state index contributed by atoms with van der Waals surface area (Å²) >= 11 is 12.0. The first-order valence-corrected chi connectivity index (χ1v) is 10.6. The second-order valence-electron chi connectivity index (χ2n) is 7.14. The van der Waals surface area contributed by atoms with Crippen LogP contribution >= 0.6 is 23.2 Å². The molecule has 1 fully saturated rings. The van der Waals surface area contributed by atoms with Crippen molar-refractivity contribution in [3.63, 3.8) is 0 Å². The van der Waals surface area contributed by atoms with E-state index in [1.165, 1.54) is 0 Å². The van der Waals surface area contributed by atoms with Crippen molar-refractivity contribution in [2.45, 2.75) is 6.42 Å². The molecule has 1 aliphatic rings. The molecule has 160 valence electrons. The van der Waals surface area contributed by atoms with Crippen LogP contribution in [0.4, 0.5) is 0 Å². The highest BCUT2D eigenvalue weighted by molar-refractivity contribution is 6.36. The number of carbonyl (C=O) groups excluding carboxylic acids is 2. The summed E-state index contributed by atoms with van der Waals surface area (Å²) < 4.78 is 5.14. The molecule has 2 aromatic rings. The Morgan fingerprint density at radius 1 is 1.03 bits per heavy atom. The summed E-state index contributed by atoms with van der Waals surface area (Å²) in [6.07, 6.45) is 0.764. The maximum atomic E-state index is 12.7. The summed E-state index contributed by atoms with van der Waals surface area (Å²) in [7, 11) is 1.64. The number of nitrogens with zero attached hydrogens (tertiary/aromatic N) is 2. The molecular weight excluding hydrogens is 425 g/mol. The molecule has 8 heteroatoms. The number of nitrogens with one attached hydrogen (secondary N) is 1. The molecule has 1 aliphatic heterocycles. The molecule has 0 aliphatic carbocycles. The largest absolute Gasteiger partial charge is 0.497 e. The van der Waals surface area contributed by atoms with Gasteiger partial charge in [-0.3, -0.25) is 14.5 Å². The molecule has 0 saturated carbocycles. The van der Waals surface area contributed by atoms with Gasteiger partial charge in [0.25, 0.3) is 5.91 Å². The van der Waals surface area contributed by atoms with Crippen LogP contribution in [0.15, 0.2) is 42.5 Å². The van der Waals surface area contributed by atoms with Gasteiger partial charge in [0.15, 0.2) is 0 Å². The van der Waals surface area contributed by atoms with Crippen molar-refractivity contribution in [1.82, 2.24) is 15.1 Å². The lowest BCUT2D eigenvalue weighted by Crippen LogP contribution is -2.51. The van der Waals surface area contributed by atoms with Gasteiger partial charge in [-0.1, -0.05) is 35.3 Å². The van der Waals surface area contributed by atoms with Gasteiger partial charge in [0, 0.05) is 37.7 Å². The van der Waals surface area contributed by atoms with Gasteiger partial charge in [0.2, 0.25) is 5.91 Å². The average molecular weight is 450 g/mol. The van der Waals surface area contributed by atoms with E-state index in [0.717, 1.165) is 17.7 Å². The van der Waals surface area contributed by atoms with E-state index < -0.39 is 0 Å². The first-order valence-electron chi connectivity index (χ1n) is 9.82. The summed E-state index contributed by atoms with van der Waals surface area (Å²) in [6.45, 7) is 3.30. The Morgan fingerprint density at radius 3 is 2.37 bits per heavy atom. The molecule has 0 unspecified atom stereocenters. The van der Waals surface area contributed by atoms with Crippen molar-refractivity contribution in [1.29, 1.82) is 0 Å². The number of hydrogen-bond acceptors (Lipinski definition) is 4. The summed E-state index contributed by atoms with van der Waals surface area (Å²) in [4.78, 5) is 28.7. The van der Waals surface area contributed by atoms with Gasteiger partial charge in [-0.2, -0.15) is 0 Å². The summed E-state index contributed by atoms with van der Waals surface area (Å²) in [5, 5.41) is 3.81. The van der Waals surface area contributed by atoms with Crippen molar-refractivity contribution in [3.05, 3.63) is 63.6 Å². The normalized spacial score (nSPS) is 14.4. The third kappa shape index (κ3) is 6.11. The number of hydrogen-bond donors (Lipinski definition) is 1. The Hall–Kier alpha value is -2.28. The first-order chi connectivity index (χ1) is 14.5. The Kier molecular flexibility index (Phi) is 7.96. The van der Waals surface area contributed by atoms with Crippen LogP contribution in [0.25, 0.3) is 0 Å². The number of amides is 2. The zero-order valence-electron chi connectivity index (χ0n) is 16.9. The number of methoxy groups -OCH3 is 1. The van der Waals surface area contributed by atoms with Crippen LogP contribution in [0, 0.1) is 0 Å². The topological polar surface area (TPSA) is 61.9 Å². The first kappa shape index (κ1) is 22.4. The van der Waals surface area contributed by atoms with Crippen molar-refractivity contribution in [3.8, 4) is 5.75 Å². The van der Waals surface area contributed by atoms with E-state index >= 15 is 0 Å². The van der Waals surface area contributed by atoms with E-state index in [9.17, 15) is 9.59 Å². The highest BCUT2D eigenvalue weighted by atomic mass is 35.5. The number of halogens is 2. The SMILES string of the molecule is COc1ccc(CCNC(=O)CN2CCN(C(=O)c3ccc(Cl)cc3Cl)CC2)cc1. The fourth-order valence-corrected chi connectivity index (χ4v) is 3.83. The molecule has 0 radical (unpaired) electrons. The number of rotatable bonds is 7. The third-order valence-electron chi connectivity index (χ3n) is 5.08. The number of carbonyl (C=O) groups is 2. The molecule has 3 rings (SSSR count). The van der Waals surface area contributed by atoms with Crippen molar-refractivity contribution in [2.75, 3.05) is 46.4 Å². The standard InChI is InChI=1S/C22H25Cl2N3O3/c1-30-18-5-2-16(3-6-18)8-9-25-21(28)15-26-10-12-27(13-11-26)22(29)19-7-4-17(23)14-20(19)24/h2-7,14H,8-13,15H2,1H3,(H,25,28). The second-order valence-corrected chi connectivity index (χ2v) is 7.98. The van der Waals surface area contributed by atoms with Crippen LogP contribution in [0.1, 0.15) is 15.9 Å². The quantitative estimate of drug-likeness (QED) is 0.705. The molecule has 0 atom stereocenters. The predicted molar refractivity (Wildman–Crippen MR) is 119 cm³/mol. The van der Waals surface area contributed by atoms with Crippen molar-refractivity contribution >= 4 is 35.0 Å². The zero-order chi connectivity index (χ0) is 21.5. The van der Waals surface area contributed by atoms with Crippen LogP contribution in [-0.2, 0) is 11.2 Å². The third-order valence-corrected chi connectivity index (χ3v) is 5.63. The van der Waals surface area contributed by atoms with Gasteiger partial charge in [-0.15, -0.1) is 0 Å². The molecule has 30 heavy (non-hydrogen) atoms. The van der Waals surface area contributed by atoms with Crippen molar-refractivity contribution in [2.24, 2.45) is 0 Å². The second kappa shape index (κ2) is 10.7. The van der Waals surface area contributed by atoms with Crippen LogP contribution < -0.4 is 10.1 Å². The fraction of sp³-hybridized carbons (Fsp3) is 0.364. The van der Waals surface area contributed by atoms with E-state index in [1.807, 2.05) is 24.3 Å². The summed E-state index contributed by atoms with van der Waals surface area (Å²) in [5.41, 5.74) is 1.59. The molecule has 0 bridgehead atoms. The number of benzene rings is 2. The average Bonchev–Trinajstić information content (AvgIpc) is 2.74. The van der Waals surface area contributed by atoms with E-state index in [-0.39, 0.29) is 11.8 Å². The Labute approximate surface area is 186 Å². The van der Waals surface area contributed by atoms with E-state index in [0.29, 0.717) is 54.9 Å². The highest BCUT2D eigenvalue weighted by Gasteiger charge is 2.24. The lowest BCUT2D eigenvalue weighted by atomic mass is 10.1. The lowest BCUT2D eigenvalue weighted by Gasteiger charge is -2.34. The van der Waals surface area contributed by atoms with Gasteiger partial charge in [-0.25, -0.2) is 0 Å². The van der Waals surface area contributed by atoms with Gasteiger partial charge in [-0.05, 0) is 42.3 Å². The molecule has 0 spiro atoms. The van der Waals surface area contributed by atoms with E-state index in [2.05, 4.69) is 10.2 Å². The lowest BCUT2D eigenvalue weighted by molar-refractivity contribution is -0.122. The summed E-state index contributed by atoms with van der Waals surface area (Å²) in [6, 6.07) is 12.7. The van der Waals surface area contributed by atoms with Crippen LogP contribution in [0.5, 0.6) is 5.75 Å². The Morgan fingerprint density at radius 2 is 1.73 bits per heavy atom. The van der Waals surface area contributed by atoms with Gasteiger partial charge < -0.3 is 15.0 Å². The van der Waals surface area contributed by atoms with E-state index in [4.69, 9.17) is 27.9 Å². The van der Waals surface area contributed by atoms with Crippen LogP contribution in [0.2, 0.25) is 10.0 Å². The van der Waals surface area contributed by atoms with Gasteiger partial charge >= 0.3 is 0 Å². The minimum Gasteiger partial charge on any atom is -0.497 e. The smallest absolute Gasteiger partial charge is 0.255 e. The van der Waals surface area contributed by atoms with Gasteiger partial charge in [0.1, 0.15) is 5.75 Å². The monoisotopic (exact) mass is 449 g/mol. The molecule has 0 aromatic heterocycles. The molecule has 6 nitrogen and oxygen atoms in total. The van der Waals surface area contributed by atoms with E-state index in [1.54, 1.807) is 30.2 Å². The fourth-order valence-electron chi connectivity index (χ4n) is 3.34. The molecule has 1 heterocycles. The number of piperazine rings is 1. The maximum absolute atomic E-state index is 12.7. The Bertz CT molecular complexity index is 882. The number of ether oxygens (including phenoxy) is 1. The minimum atomic E-state index is -0.111. The molecular formula is C22H25Cl2N3O3. The maximum Gasteiger partial charge on any atom is 0.255 e. The predicted octanol–water partition coefficient (Wildman–Crippen LogP) is 3.12. The Balaban J connectivity index is 1.39. The van der Waals surface area contributed by atoms with Crippen molar-refractivity contribution < 1.29 is 14.3 Å². The molecule has 1 N–H and O–H groups in total. The van der Waals surface area contributed by atoms with Gasteiger partial charge in [0.05, 0.1) is 24.2 Å². The summed E-state index contributed by atoms with van der Waals surface area (Å²) in [5.74, 6) is 0.697. The molecule has 2 aromatic carbocycles. The zero-order valence-corrected chi connectivity index (χ0v) is 18.4. The van der Waals surface area contributed by atoms with Crippen LogP contribution in [-0.4, -0.2) is 68.0 Å². The minimum absolute atomic E-state index is 0.0102. The molecule has 2 amide bonds.